The van der Waals surface area contributed by atoms with E-state index in [1.54, 1.807) is 6.07 Å². The first-order valence-electron chi connectivity index (χ1n) is 6.87. The fourth-order valence-corrected chi connectivity index (χ4v) is 2.50. The molecule has 0 atom stereocenters. The average molecular weight is 356 g/mol. The second-order valence-corrected chi connectivity index (χ2v) is 7.03. The van der Waals surface area contributed by atoms with Crippen molar-refractivity contribution in [3.8, 4) is 0 Å². The molecule has 1 aromatic carbocycles. The van der Waals surface area contributed by atoms with Crippen LogP contribution >= 0.6 is 15.9 Å². The van der Waals surface area contributed by atoms with E-state index in [2.05, 4.69) is 15.9 Å². The molecule has 0 spiro atoms. The highest BCUT2D eigenvalue weighted by Crippen LogP contribution is 2.38. The number of halogens is 2. The van der Waals surface area contributed by atoms with Crippen LogP contribution in [0.25, 0.3) is 6.08 Å². The van der Waals surface area contributed by atoms with Gasteiger partial charge in [-0.3, -0.25) is 0 Å². The monoisotopic (exact) mass is 355 g/mol. The quantitative estimate of drug-likeness (QED) is 0.843. The smallest absolute Gasteiger partial charge is 0.400 e. The van der Waals surface area contributed by atoms with Crippen molar-refractivity contribution in [3.63, 3.8) is 0 Å². The summed E-state index contributed by atoms with van der Waals surface area (Å²) in [5, 5.41) is 0. The zero-order valence-electron chi connectivity index (χ0n) is 12.7. The lowest BCUT2D eigenvalue weighted by atomic mass is 9.77. The van der Waals surface area contributed by atoms with Crippen molar-refractivity contribution in [2.24, 2.45) is 5.73 Å². The standard InChI is InChI=1S/C15H20BBrFNO2/c1-14(2)15(3,4)21-16(20-14)11(9-19)7-10-5-6-12(18)8-13(10)17/h5-8H,9,19H2,1-4H3. The molecule has 1 heterocycles. The van der Waals surface area contributed by atoms with Crippen molar-refractivity contribution in [3.05, 3.63) is 39.5 Å². The zero-order chi connectivity index (χ0) is 15.8. The maximum atomic E-state index is 13.1. The van der Waals surface area contributed by atoms with E-state index >= 15 is 0 Å². The van der Waals surface area contributed by atoms with E-state index in [-0.39, 0.29) is 5.82 Å². The fraction of sp³-hybridized carbons (Fsp3) is 0.467. The Morgan fingerprint density at radius 1 is 1.29 bits per heavy atom. The Kier molecular flexibility index (Phi) is 4.64. The van der Waals surface area contributed by atoms with Crippen molar-refractivity contribution in [1.82, 2.24) is 0 Å². The van der Waals surface area contributed by atoms with Crippen molar-refractivity contribution in [1.29, 1.82) is 0 Å². The number of benzene rings is 1. The highest BCUT2D eigenvalue weighted by atomic mass is 79.9. The molecule has 114 valence electrons. The lowest BCUT2D eigenvalue weighted by Gasteiger charge is -2.32. The Morgan fingerprint density at radius 3 is 2.33 bits per heavy atom. The molecular formula is C15H20BBrFNO2. The van der Waals surface area contributed by atoms with E-state index in [9.17, 15) is 4.39 Å². The molecular weight excluding hydrogens is 336 g/mol. The van der Waals surface area contributed by atoms with Gasteiger partial charge in [-0.25, -0.2) is 4.39 Å². The molecule has 0 radical (unpaired) electrons. The minimum Gasteiger partial charge on any atom is -0.400 e. The molecule has 0 aliphatic carbocycles. The molecule has 1 aromatic rings. The molecule has 1 aliphatic rings. The van der Waals surface area contributed by atoms with Gasteiger partial charge in [-0.15, -0.1) is 0 Å². The highest BCUT2D eigenvalue weighted by Gasteiger charge is 2.52. The van der Waals surface area contributed by atoms with Gasteiger partial charge >= 0.3 is 7.12 Å². The summed E-state index contributed by atoms with van der Waals surface area (Å²) in [7, 11) is -0.489. The third-order valence-corrected chi connectivity index (χ3v) is 4.78. The van der Waals surface area contributed by atoms with Crippen LogP contribution in [0.4, 0.5) is 4.39 Å². The first-order valence-corrected chi connectivity index (χ1v) is 7.67. The van der Waals surface area contributed by atoms with Crippen LogP contribution in [0.2, 0.25) is 0 Å². The van der Waals surface area contributed by atoms with E-state index in [0.29, 0.717) is 11.0 Å². The van der Waals surface area contributed by atoms with E-state index < -0.39 is 18.3 Å². The number of rotatable bonds is 3. The van der Waals surface area contributed by atoms with Crippen LogP contribution in [-0.2, 0) is 9.31 Å². The summed E-state index contributed by atoms with van der Waals surface area (Å²) in [6.45, 7) is 8.29. The zero-order valence-corrected chi connectivity index (χ0v) is 14.3. The van der Waals surface area contributed by atoms with E-state index in [0.717, 1.165) is 11.0 Å². The van der Waals surface area contributed by atoms with Crippen LogP contribution in [0.3, 0.4) is 0 Å². The summed E-state index contributed by atoms with van der Waals surface area (Å²) >= 11 is 3.35. The molecule has 6 heteroatoms. The van der Waals surface area contributed by atoms with Gasteiger partial charge in [0, 0.05) is 11.0 Å². The first-order chi connectivity index (χ1) is 9.66. The summed E-state index contributed by atoms with van der Waals surface area (Å²) in [4.78, 5) is 0. The molecule has 0 amide bonds. The molecule has 0 unspecified atom stereocenters. The van der Waals surface area contributed by atoms with Gasteiger partial charge in [-0.1, -0.05) is 28.1 Å². The summed E-state index contributed by atoms with van der Waals surface area (Å²) in [5.74, 6) is -0.288. The molecule has 21 heavy (non-hydrogen) atoms. The molecule has 1 fully saturated rings. The fourth-order valence-electron chi connectivity index (χ4n) is 2.04. The van der Waals surface area contributed by atoms with E-state index in [4.69, 9.17) is 15.0 Å². The van der Waals surface area contributed by atoms with Crippen molar-refractivity contribution in [2.75, 3.05) is 6.54 Å². The number of hydrogen-bond donors (Lipinski definition) is 1. The van der Waals surface area contributed by atoms with Crippen LogP contribution in [0.1, 0.15) is 33.3 Å². The van der Waals surface area contributed by atoms with E-state index in [1.807, 2.05) is 33.8 Å². The Labute approximate surface area is 134 Å². The second kappa shape index (κ2) is 5.84. The normalized spacial score (nSPS) is 20.9. The van der Waals surface area contributed by atoms with Crippen molar-refractivity contribution in [2.45, 2.75) is 38.9 Å². The van der Waals surface area contributed by atoms with Gasteiger partial charge < -0.3 is 15.0 Å². The largest absolute Gasteiger partial charge is 0.491 e. The molecule has 1 aliphatic heterocycles. The van der Waals surface area contributed by atoms with Crippen molar-refractivity contribution >= 4 is 29.1 Å². The number of nitrogens with two attached hydrogens (primary N) is 1. The number of hydrogen-bond acceptors (Lipinski definition) is 3. The van der Waals surface area contributed by atoms with Gasteiger partial charge in [0.2, 0.25) is 0 Å². The molecule has 2 rings (SSSR count). The molecule has 0 saturated carbocycles. The molecule has 3 nitrogen and oxygen atoms in total. The van der Waals surface area contributed by atoms with Crippen LogP contribution in [0.15, 0.2) is 28.1 Å². The average Bonchev–Trinajstić information content (AvgIpc) is 2.57. The summed E-state index contributed by atoms with van der Waals surface area (Å²) in [6.07, 6.45) is 1.88. The maximum absolute atomic E-state index is 13.1. The van der Waals surface area contributed by atoms with Crippen molar-refractivity contribution < 1.29 is 13.7 Å². The second-order valence-electron chi connectivity index (χ2n) is 6.18. The summed E-state index contributed by atoms with van der Waals surface area (Å²) < 4.78 is 25.8. The molecule has 2 N–H and O–H groups in total. The predicted octanol–water partition coefficient (Wildman–Crippen LogP) is 3.56. The molecule has 0 bridgehead atoms. The molecule has 0 aromatic heterocycles. The van der Waals surface area contributed by atoms with Gasteiger partial charge in [-0.05, 0) is 50.9 Å². The Balaban J connectivity index is 2.31. The van der Waals surface area contributed by atoms with Gasteiger partial charge in [-0.2, -0.15) is 0 Å². The van der Waals surface area contributed by atoms with E-state index in [1.165, 1.54) is 12.1 Å². The Bertz CT molecular complexity index is 559. The lowest BCUT2D eigenvalue weighted by Crippen LogP contribution is -2.41. The third-order valence-electron chi connectivity index (χ3n) is 4.10. The first kappa shape index (κ1) is 16.7. The third kappa shape index (κ3) is 3.39. The van der Waals surface area contributed by atoms with Crippen LogP contribution < -0.4 is 5.73 Å². The summed E-state index contributed by atoms with van der Waals surface area (Å²) in [6, 6.07) is 4.53. The highest BCUT2D eigenvalue weighted by molar-refractivity contribution is 9.10. The maximum Gasteiger partial charge on any atom is 0.491 e. The van der Waals surface area contributed by atoms with Crippen LogP contribution in [-0.4, -0.2) is 24.9 Å². The predicted molar refractivity (Wildman–Crippen MR) is 87.2 cm³/mol. The lowest BCUT2D eigenvalue weighted by molar-refractivity contribution is 0.00578. The van der Waals surface area contributed by atoms with Gasteiger partial charge in [0.05, 0.1) is 11.2 Å². The van der Waals surface area contributed by atoms with Gasteiger partial charge in [0.1, 0.15) is 5.82 Å². The SMILES string of the molecule is CC1(C)OB(C(=Cc2ccc(F)cc2Br)CN)OC1(C)C. The van der Waals surface area contributed by atoms with Gasteiger partial charge in [0.25, 0.3) is 0 Å². The summed E-state index contributed by atoms with van der Waals surface area (Å²) in [5.41, 5.74) is 6.68. The van der Waals surface area contributed by atoms with Gasteiger partial charge in [0.15, 0.2) is 0 Å². The minimum absolute atomic E-state index is 0.288. The van der Waals surface area contributed by atoms with Crippen LogP contribution in [0.5, 0.6) is 0 Å². The van der Waals surface area contributed by atoms with Crippen LogP contribution in [0, 0.1) is 5.82 Å². The Morgan fingerprint density at radius 2 is 1.86 bits per heavy atom. The topological polar surface area (TPSA) is 44.5 Å². The molecule has 1 saturated heterocycles. The Hall–Kier alpha value is -0.685. The minimum atomic E-state index is -0.489.